The number of nitrogens with zero attached hydrogens (tertiary/aromatic N) is 4. The lowest BCUT2D eigenvalue weighted by atomic mass is 10.0. The van der Waals surface area contributed by atoms with Crippen LogP contribution in [0.5, 0.6) is 0 Å². The van der Waals surface area contributed by atoms with Gasteiger partial charge in [-0.2, -0.15) is 10.2 Å². The van der Waals surface area contributed by atoms with Crippen molar-refractivity contribution in [1.29, 1.82) is 0 Å². The molecule has 0 saturated carbocycles. The number of aromatic nitrogens is 4. The van der Waals surface area contributed by atoms with Gasteiger partial charge in [-0.05, 0) is 38.3 Å². The van der Waals surface area contributed by atoms with Crippen molar-refractivity contribution in [1.82, 2.24) is 19.6 Å². The van der Waals surface area contributed by atoms with Gasteiger partial charge in [0.05, 0.1) is 11.9 Å². The summed E-state index contributed by atoms with van der Waals surface area (Å²) in [6, 6.07) is 0. The van der Waals surface area contributed by atoms with Gasteiger partial charge in [0.25, 0.3) is 0 Å². The fraction of sp³-hybridized carbons (Fsp3) is 0.533. The number of carbonyl (C=O) groups excluding carboxylic acids is 1. The summed E-state index contributed by atoms with van der Waals surface area (Å²) in [6.07, 6.45) is 5.52. The van der Waals surface area contributed by atoms with Gasteiger partial charge >= 0.3 is 0 Å². The lowest BCUT2D eigenvalue weighted by Crippen LogP contribution is -2.05. The van der Waals surface area contributed by atoms with E-state index in [2.05, 4.69) is 10.2 Å². The first-order valence-corrected chi connectivity index (χ1v) is 7.03. The Morgan fingerprint density at radius 1 is 1.35 bits per heavy atom. The second kappa shape index (κ2) is 6.03. The van der Waals surface area contributed by atoms with Crippen molar-refractivity contribution in [2.75, 3.05) is 0 Å². The lowest BCUT2D eigenvalue weighted by molar-refractivity contribution is -0.118. The molecule has 20 heavy (non-hydrogen) atoms. The standard InChI is InChI=1S/C15H22N4O/c1-5-19-10-13(9-16-19)8-14(20)6-7-15-11(2)17-18(4)12(15)3/h9-10H,5-8H2,1-4H3. The first-order valence-electron chi connectivity index (χ1n) is 7.03. The summed E-state index contributed by atoms with van der Waals surface area (Å²) in [4.78, 5) is 12.0. The molecule has 5 nitrogen and oxygen atoms in total. The number of rotatable bonds is 6. The Morgan fingerprint density at radius 2 is 2.10 bits per heavy atom. The van der Waals surface area contributed by atoms with E-state index in [1.54, 1.807) is 6.20 Å². The number of ketones is 1. The predicted octanol–water partition coefficient (Wildman–Crippen LogP) is 2.00. The molecule has 2 rings (SSSR count). The van der Waals surface area contributed by atoms with Gasteiger partial charge in [-0.25, -0.2) is 0 Å². The average molecular weight is 274 g/mol. The minimum absolute atomic E-state index is 0.253. The van der Waals surface area contributed by atoms with Crippen LogP contribution in [0.4, 0.5) is 0 Å². The molecule has 0 aliphatic carbocycles. The van der Waals surface area contributed by atoms with Crippen molar-refractivity contribution < 1.29 is 4.79 Å². The van der Waals surface area contributed by atoms with Gasteiger partial charge in [0.1, 0.15) is 5.78 Å². The molecule has 0 saturated heterocycles. The second-order valence-corrected chi connectivity index (χ2v) is 5.19. The third-order valence-corrected chi connectivity index (χ3v) is 3.72. The van der Waals surface area contributed by atoms with Gasteiger partial charge in [-0.1, -0.05) is 0 Å². The molecule has 5 heteroatoms. The summed E-state index contributed by atoms with van der Waals surface area (Å²) in [6.45, 7) is 6.91. The molecule has 2 aromatic heterocycles. The Hall–Kier alpha value is -1.91. The Bertz CT molecular complexity index is 609. The predicted molar refractivity (Wildman–Crippen MR) is 77.6 cm³/mol. The molecule has 0 unspecified atom stereocenters. The highest BCUT2D eigenvalue weighted by Crippen LogP contribution is 2.14. The van der Waals surface area contributed by atoms with Gasteiger partial charge < -0.3 is 0 Å². The number of aryl methyl sites for hydroxylation is 3. The van der Waals surface area contributed by atoms with Crippen LogP contribution >= 0.6 is 0 Å². The summed E-state index contributed by atoms with van der Waals surface area (Å²) in [7, 11) is 1.94. The van der Waals surface area contributed by atoms with Crippen molar-refractivity contribution in [2.45, 2.75) is 46.6 Å². The SMILES string of the molecule is CCn1cc(CC(=O)CCc2c(C)nn(C)c2C)cn1. The maximum absolute atomic E-state index is 12.0. The molecule has 0 atom stereocenters. The molecule has 2 aromatic rings. The highest BCUT2D eigenvalue weighted by atomic mass is 16.1. The number of carbonyl (C=O) groups is 1. The van der Waals surface area contributed by atoms with Gasteiger partial charge in [-0.15, -0.1) is 0 Å². The lowest BCUT2D eigenvalue weighted by Gasteiger charge is -2.01. The van der Waals surface area contributed by atoms with Gasteiger partial charge in [0, 0.05) is 38.3 Å². The minimum Gasteiger partial charge on any atom is -0.299 e. The largest absolute Gasteiger partial charge is 0.299 e. The molecule has 0 aromatic carbocycles. The number of Topliss-reactive ketones (excluding diaryl/α,β-unsaturated/α-hetero) is 1. The quantitative estimate of drug-likeness (QED) is 0.809. The van der Waals surface area contributed by atoms with E-state index in [0.717, 1.165) is 29.9 Å². The molecule has 0 spiro atoms. The van der Waals surface area contributed by atoms with E-state index < -0.39 is 0 Å². The van der Waals surface area contributed by atoms with Crippen molar-refractivity contribution in [3.05, 3.63) is 34.9 Å². The third-order valence-electron chi connectivity index (χ3n) is 3.72. The summed E-state index contributed by atoms with van der Waals surface area (Å²) >= 11 is 0. The van der Waals surface area contributed by atoms with Crippen LogP contribution < -0.4 is 0 Å². The Kier molecular flexibility index (Phi) is 4.37. The Morgan fingerprint density at radius 3 is 2.65 bits per heavy atom. The van der Waals surface area contributed by atoms with Crippen LogP contribution in [0.25, 0.3) is 0 Å². The molecule has 2 heterocycles. The zero-order valence-corrected chi connectivity index (χ0v) is 12.7. The average Bonchev–Trinajstić information content (AvgIpc) is 2.94. The van der Waals surface area contributed by atoms with Crippen LogP contribution in [0, 0.1) is 13.8 Å². The molecule has 108 valence electrons. The number of hydrogen-bond acceptors (Lipinski definition) is 3. The van der Waals surface area contributed by atoms with E-state index in [1.165, 1.54) is 5.56 Å². The molecule has 0 fully saturated rings. The normalized spacial score (nSPS) is 11.0. The second-order valence-electron chi connectivity index (χ2n) is 5.19. The van der Waals surface area contributed by atoms with Crippen LogP contribution in [0.15, 0.2) is 12.4 Å². The van der Waals surface area contributed by atoms with E-state index in [4.69, 9.17) is 0 Å². The van der Waals surface area contributed by atoms with E-state index >= 15 is 0 Å². The van der Waals surface area contributed by atoms with Crippen LogP contribution in [-0.4, -0.2) is 25.3 Å². The first-order chi connectivity index (χ1) is 9.51. The van der Waals surface area contributed by atoms with Gasteiger partial charge in [-0.3, -0.25) is 14.2 Å². The van der Waals surface area contributed by atoms with Crippen LogP contribution in [-0.2, 0) is 31.2 Å². The topological polar surface area (TPSA) is 52.7 Å². The third kappa shape index (κ3) is 3.15. The minimum atomic E-state index is 0.253. The summed E-state index contributed by atoms with van der Waals surface area (Å²) in [5.41, 5.74) is 4.37. The van der Waals surface area contributed by atoms with Gasteiger partial charge in [0.15, 0.2) is 0 Å². The molecular weight excluding hydrogens is 252 g/mol. The molecule has 0 amide bonds. The molecular formula is C15H22N4O. The van der Waals surface area contributed by atoms with Crippen molar-refractivity contribution in [3.63, 3.8) is 0 Å². The fourth-order valence-corrected chi connectivity index (χ4v) is 2.43. The molecule has 0 bridgehead atoms. The summed E-state index contributed by atoms with van der Waals surface area (Å²) in [5.74, 6) is 0.253. The Balaban J connectivity index is 1.92. The fourth-order valence-electron chi connectivity index (χ4n) is 2.43. The Labute approximate surface area is 119 Å². The molecule has 0 aliphatic heterocycles. The zero-order valence-electron chi connectivity index (χ0n) is 12.7. The zero-order chi connectivity index (χ0) is 14.7. The molecule has 0 N–H and O–H groups in total. The maximum atomic E-state index is 12.0. The monoisotopic (exact) mass is 274 g/mol. The van der Waals surface area contributed by atoms with Gasteiger partial charge in [0.2, 0.25) is 0 Å². The highest BCUT2D eigenvalue weighted by molar-refractivity contribution is 5.81. The summed E-state index contributed by atoms with van der Waals surface area (Å²) in [5, 5.41) is 8.57. The number of hydrogen-bond donors (Lipinski definition) is 0. The van der Waals surface area contributed by atoms with Crippen LogP contribution in [0.3, 0.4) is 0 Å². The van der Waals surface area contributed by atoms with Crippen molar-refractivity contribution >= 4 is 5.78 Å². The summed E-state index contributed by atoms with van der Waals surface area (Å²) < 4.78 is 3.72. The molecule has 0 aliphatic rings. The van der Waals surface area contributed by atoms with E-state index in [0.29, 0.717) is 12.8 Å². The van der Waals surface area contributed by atoms with Crippen LogP contribution in [0.2, 0.25) is 0 Å². The molecule has 0 radical (unpaired) electrons. The van der Waals surface area contributed by atoms with Crippen molar-refractivity contribution in [3.8, 4) is 0 Å². The van der Waals surface area contributed by atoms with E-state index in [1.807, 2.05) is 43.4 Å². The van der Waals surface area contributed by atoms with Crippen LogP contribution in [0.1, 0.15) is 35.9 Å². The van der Waals surface area contributed by atoms with E-state index in [-0.39, 0.29) is 5.78 Å². The van der Waals surface area contributed by atoms with Crippen molar-refractivity contribution in [2.24, 2.45) is 7.05 Å². The maximum Gasteiger partial charge on any atom is 0.137 e. The van der Waals surface area contributed by atoms with E-state index in [9.17, 15) is 4.79 Å². The highest BCUT2D eigenvalue weighted by Gasteiger charge is 2.12. The first kappa shape index (κ1) is 14.5. The smallest absolute Gasteiger partial charge is 0.137 e.